The molecule has 0 bridgehead atoms. The highest BCUT2D eigenvalue weighted by Gasteiger charge is 2.72. The molecule has 4 rings (SSSR count). The van der Waals surface area contributed by atoms with Crippen LogP contribution < -0.4 is 20.5 Å². The molecule has 1 aliphatic heterocycles. The molecule has 1 saturated carbocycles. The van der Waals surface area contributed by atoms with E-state index in [1.54, 1.807) is 69.3 Å². The Bertz CT molecular complexity index is 1100. The third kappa shape index (κ3) is 3.83. The summed E-state index contributed by atoms with van der Waals surface area (Å²) in [6, 6.07) is 13.4. The summed E-state index contributed by atoms with van der Waals surface area (Å²) in [7, 11) is -3.81. The van der Waals surface area contributed by atoms with Crippen LogP contribution in [0.25, 0.3) is 0 Å². The van der Waals surface area contributed by atoms with Crippen LogP contribution in [0.3, 0.4) is 0 Å². The highest BCUT2D eigenvalue weighted by molar-refractivity contribution is 7.92. The first-order valence-corrected chi connectivity index (χ1v) is 11.5. The van der Waals surface area contributed by atoms with E-state index in [2.05, 4.69) is 5.32 Å². The zero-order valence-corrected chi connectivity index (χ0v) is 18.4. The van der Waals surface area contributed by atoms with Gasteiger partial charge in [0.2, 0.25) is 6.79 Å². The van der Waals surface area contributed by atoms with Crippen molar-refractivity contribution in [2.24, 2.45) is 5.73 Å². The smallest absolute Gasteiger partial charge is 0.408 e. The number of fused-ring (bicyclic) bond motifs is 1. The van der Waals surface area contributed by atoms with Gasteiger partial charge in [0.05, 0.1) is 10.4 Å². The number of sulfone groups is 1. The molecule has 0 saturated heterocycles. The summed E-state index contributed by atoms with van der Waals surface area (Å²) in [6.07, 6.45) is -0.713. The van der Waals surface area contributed by atoms with Gasteiger partial charge in [0.15, 0.2) is 21.3 Å². The molecular weight excluding hydrogens is 420 g/mol. The molecule has 2 aliphatic rings. The van der Waals surface area contributed by atoms with Gasteiger partial charge in [-0.1, -0.05) is 24.3 Å². The lowest BCUT2D eigenvalue weighted by atomic mass is 10.1. The number of nitrogens with one attached hydrogen (secondary N) is 1. The lowest BCUT2D eigenvalue weighted by Crippen LogP contribution is -2.49. The van der Waals surface area contributed by atoms with Gasteiger partial charge < -0.3 is 25.3 Å². The molecule has 0 spiro atoms. The highest BCUT2D eigenvalue weighted by atomic mass is 32.2. The van der Waals surface area contributed by atoms with Crippen LogP contribution in [-0.4, -0.2) is 44.2 Å². The van der Waals surface area contributed by atoms with Crippen LogP contribution in [0.1, 0.15) is 32.3 Å². The Morgan fingerprint density at radius 1 is 1.16 bits per heavy atom. The maximum Gasteiger partial charge on any atom is 0.408 e. The molecule has 1 amide bonds. The van der Waals surface area contributed by atoms with E-state index >= 15 is 0 Å². The fourth-order valence-corrected chi connectivity index (χ4v) is 6.50. The van der Waals surface area contributed by atoms with E-state index in [1.165, 1.54) is 0 Å². The molecule has 2 aromatic carbocycles. The van der Waals surface area contributed by atoms with Crippen molar-refractivity contribution in [2.45, 2.75) is 48.0 Å². The third-order valence-corrected chi connectivity index (χ3v) is 7.78. The van der Waals surface area contributed by atoms with E-state index in [0.717, 1.165) is 0 Å². The maximum absolute atomic E-state index is 13.5. The van der Waals surface area contributed by atoms with Gasteiger partial charge in [0, 0.05) is 12.5 Å². The molecule has 3 N–H and O–H groups in total. The maximum atomic E-state index is 13.5. The Balaban J connectivity index is 1.75. The largest absolute Gasteiger partial charge is 0.454 e. The molecule has 0 aromatic heterocycles. The average molecular weight is 447 g/mol. The molecule has 0 unspecified atom stereocenters. The molecule has 9 heteroatoms. The normalized spacial score (nSPS) is 24.5. The van der Waals surface area contributed by atoms with Gasteiger partial charge in [-0.3, -0.25) is 0 Å². The van der Waals surface area contributed by atoms with E-state index in [0.29, 0.717) is 17.1 Å². The summed E-state index contributed by atoms with van der Waals surface area (Å²) >= 11 is 0. The first-order chi connectivity index (χ1) is 14.6. The van der Waals surface area contributed by atoms with E-state index in [-0.39, 0.29) is 18.2 Å². The minimum Gasteiger partial charge on any atom is -0.454 e. The zero-order chi connectivity index (χ0) is 22.4. The summed E-state index contributed by atoms with van der Waals surface area (Å²) in [6.45, 7) is 5.24. The molecule has 8 nitrogen and oxygen atoms in total. The van der Waals surface area contributed by atoms with E-state index in [4.69, 9.17) is 19.9 Å². The summed E-state index contributed by atoms with van der Waals surface area (Å²) in [5.41, 5.74) is 4.83. The number of amides is 1. The molecule has 1 fully saturated rings. The number of benzene rings is 2. The number of alkyl carbamates (subject to hydrolysis) is 1. The lowest BCUT2D eigenvalue weighted by Gasteiger charge is -2.24. The molecule has 3 atom stereocenters. The van der Waals surface area contributed by atoms with Crippen LogP contribution in [0.15, 0.2) is 53.4 Å². The Labute approximate surface area is 181 Å². The Morgan fingerprint density at radius 3 is 2.48 bits per heavy atom. The second-order valence-electron chi connectivity index (χ2n) is 8.74. The standard InChI is InChI=1S/C22H26N2O6S/c1-21(2,3)30-20(25)24-22(12-23)18(14-9-10-16-17(11-14)29-13-28-16)19(22)31(26,27)15-7-5-4-6-8-15/h4-11,18-19H,12-13,23H2,1-3H3,(H,24,25)/t18-,19+,22-/m1/s1. The van der Waals surface area contributed by atoms with Crippen LogP contribution >= 0.6 is 0 Å². The molecule has 0 radical (unpaired) electrons. The lowest BCUT2D eigenvalue weighted by molar-refractivity contribution is 0.0497. The summed E-state index contributed by atoms with van der Waals surface area (Å²) in [5.74, 6) is 0.540. The summed E-state index contributed by atoms with van der Waals surface area (Å²) in [4.78, 5) is 12.8. The molecule has 1 heterocycles. The first-order valence-electron chi connectivity index (χ1n) is 9.98. The van der Waals surface area contributed by atoms with Crippen molar-refractivity contribution >= 4 is 15.9 Å². The number of rotatable bonds is 5. The van der Waals surface area contributed by atoms with E-state index in [9.17, 15) is 13.2 Å². The van der Waals surface area contributed by atoms with Crippen molar-refractivity contribution in [2.75, 3.05) is 13.3 Å². The van der Waals surface area contributed by atoms with Crippen molar-refractivity contribution in [1.82, 2.24) is 5.32 Å². The van der Waals surface area contributed by atoms with Gasteiger partial charge in [-0.25, -0.2) is 13.2 Å². The van der Waals surface area contributed by atoms with Crippen molar-refractivity contribution in [3.8, 4) is 11.5 Å². The minimum absolute atomic E-state index is 0.0813. The van der Waals surface area contributed by atoms with Gasteiger partial charge in [-0.15, -0.1) is 0 Å². The van der Waals surface area contributed by atoms with Gasteiger partial charge >= 0.3 is 6.09 Å². The van der Waals surface area contributed by atoms with Gasteiger partial charge in [-0.2, -0.15) is 0 Å². The number of nitrogens with two attached hydrogens (primary N) is 1. The first kappa shape index (κ1) is 21.5. The van der Waals surface area contributed by atoms with Crippen molar-refractivity contribution in [3.63, 3.8) is 0 Å². The average Bonchev–Trinajstić information content (AvgIpc) is 3.13. The SMILES string of the molecule is CC(C)(C)OC(=O)N[C@]1(CN)[C@H](c2ccc3c(c2)OCO3)[C@@H]1S(=O)(=O)c1ccccc1. The number of hydrogen-bond donors (Lipinski definition) is 2. The van der Waals surface area contributed by atoms with Crippen molar-refractivity contribution in [1.29, 1.82) is 0 Å². The Morgan fingerprint density at radius 2 is 1.84 bits per heavy atom. The molecular formula is C22H26N2O6S. The summed E-state index contributed by atoms with van der Waals surface area (Å²) < 4.78 is 43.3. The summed E-state index contributed by atoms with van der Waals surface area (Å²) in [5, 5.41) is 1.82. The predicted octanol–water partition coefficient (Wildman–Crippen LogP) is 2.58. The van der Waals surface area contributed by atoms with Crippen LogP contribution in [0.2, 0.25) is 0 Å². The zero-order valence-electron chi connectivity index (χ0n) is 17.6. The highest BCUT2D eigenvalue weighted by Crippen LogP contribution is 2.57. The van der Waals surface area contributed by atoms with Gasteiger partial charge in [0.1, 0.15) is 10.9 Å². The van der Waals surface area contributed by atoms with Gasteiger partial charge in [-0.05, 0) is 50.6 Å². The fourth-order valence-electron chi connectivity index (χ4n) is 4.13. The molecule has 1 aliphatic carbocycles. The predicted molar refractivity (Wildman–Crippen MR) is 114 cm³/mol. The second kappa shape index (κ2) is 7.42. The van der Waals surface area contributed by atoms with E-state index in [1.807, 2.05) is 0 Å². The number of ether oxygens (including phenoxy) is 3. The number of carbonyl (C=O) groups excluding carboxylic acids is 1. The number of hydrogen-bond acceptors (Lipinski definition) is 7. The number of carbonyl (C=O) groups is 1. The monoisotopic (exact) mass is 446 g/mol. The molecule has 2 aromatic rings. The fraction of sp³-hybridized carbons (Fsp3) is 0.409. The van der Waals surface area contributed by atoms with Gasteiger partial charge in [0.25, 0.3) is 0 Å². The van der Waals surface area contributed by atoms with Crippen LogP contribution in [-0.2, 0) is 14.6 Å². The Kier molecular flexibility index (Phi) is 5.13. The topological polar surface area (TPSA) is 117 Å². The minimum atomic E-state index is -3.81. The molecule has 31 heavy (non-hydrogen) atoms. The van der Waals surface area contributed by atoms with Crippen LogP contribution in [0.5, 0.6) is 11.5 Å². The van der Waals surface area contributed by atoms with E-state index < -0.39 is 38.2 Å². The van der Waals surface area contributed by atoms with Crippen molar-refractivity contribution < 1.29 is 27.4 Å². The van der Waals surface area contributed by atoms with Crippen LogP contribution in [0.4, 0.5) is 4.79 Å². The quantitative estimate of drug-likeness (QED) is 0.725. The van der Waals surface area contributed by atoms with Crippen molar-refractivity contribution in [3.05, 3.63) is 54.1 Å². The third-order valence-electron chi connectivity index (χ3n) is 5.49. The molecule has 166 valence electrons. The van der Waals surface area contributed by atoms with Crippen LogP contribution in [0, 0.1) is 0 Å². The Hall–Kier alpha value is -2.78. The second-order valence-corrected chi connectivity index (χ2v) is 10.8.